The van der Waals surface area contributed by atoms with E-state index in [-0.39, 0.29) is 11.2 Å². The Morgan fingerprint density at radius 3 is 2.39 bits per heavy atom. The number of fused-ring (bicyclic) bond motifs is 1. The van der Waals surface area contributed by atoms with E-state index in [1.54, 1.807) is 50.4 Å². The minimum Gasteiger partial charge on any atom is -0.493 e. The average molecular weight is 442 g/mol. The second kappa shape index (κ2) is 9.44. The highest BCUT2D eigenvalue weighted by molar-refractivity contribution is 5.90. The number of ether oxygens (including phenoxy) is 3. The van der Waals surface area contributed by atoms with Gasteiger partial charge in [0.1, 0.15) is 17.1 Å². The van der Waals surface area contributed by atoms with Crippen LogP contribution in [0.25, 0.3) is 28.2 Å². The Morgan fingerprint density at radius 2 is 1.67 bits per heavy atom. The number of methoxy groups -OCH3 is 2. The molecule has 0 unspecified atom stereocenters. The van der Waals surface area contributed by atoms with Crippen LogP contribution in [-0.2, 0) is 4.79 Å². The van der Waals surface area contributed by atoms with E-state index in [0.717, 1.165) is 5.56 Å². The lowest BCUT2D eigenvalue weighted by molar-refractivity contribution is -0.128. The summed E-state index contributed by atoms with van der Waals surface area (Å²) in [6.07, 6.45) is 3.02. The van der Waals surface area contributed by atoms with E-state index in [2.05, 4.69) is 0 Å². The van der Waals surface area contributed by atoms with Crippen LogP contribution in [0.2, 0.25) is 0 Å². The molecule has 4 rings (SSSR count). The normalized spacial score (nSPS) is 11.0. The van der Waals surface area contributed by atoms with Gasteiger partial charge >= 0.3 is 5.97 Å². The van der Waals surface area contributed by atoms with E-state index >= 15 is 0 Å². The van der Waals surface area contributed by atoms with E-state index in [4.69, 9.17) is 18.6 Å². The molecule has 0 amide bonds. The molecule has 3 aromatic carbocycles. The summed E-state index contributed by atoms with van der Waals surface area (Å²) in [4.78, 5) is 25.4. The number of rotatable bonds is 6. The fourth-order valence-corrected chi connectivity index (χ4v) is 3.55. The zero-order chi connectivity index (χ0) is 23.4. The Labute approximate surface area is 190 Å². The van der Waals surface area contributed by atoms with Crippen LogP contribution in [0.4, 0.5) is 0 Å². The van der Waals surface area contributed by atoms with Crippen LogP contribution >= 0.6 is 0 Å². The fourth-order valence-electron chi connectivity index (χ4n) is 3.55. The summed E-state index contributed by atoms with van der Waals surface area (Å²) < 4.78 is 21.9. The molecule has 1 heterocycles. The number of esters is 1. The van der Waals surface area contributed by atoms with Crippen molar-refractivity contribution >= 4 is 23.0 Å². The van der Waals surface area contributed by atoms with Gasteiger partial charge in [0.2, 0.25) is 5.43 Å². The number of benzene rings is 3. The highest BCUT2D eigenvalue weighted by atomic mass is 16.5. The molecular formula is C27H22O6. The Kier molecular flexibility index (Phi) is 6.26. The Hall–Kier alpha value is -4.32. The molecule has 6 heteroatoms. The van der Waals surface area contributed by atoms with E-state index in [0.29, 0.717) is 39.4 Å². The molecule has 4 aromatic rings. The third-order valence-electron chi connectivity index (χ3n) is 5.14. The molecule has 0 fully saturated rings. The van der Waals surface area contributed by atoms with Crippen LogP contribution in [0.15, 0.2) is 82.0 Å². The van der Waals surface area contributed by atoms with E-state index in [9.17, 15) is 9.59 Å². The van der Waals surface area contributed by atoms with Gasteiger partial charge in [0.05, 0.1) is 25.2 Å². The van der Waals surface area contributed by atoms with Crippen molar-refractivity contribution < 1.29 is 23.4 Å². The molecule has 0 radical (unpaired) electrons. The monoisotopic (exact) mass is 442 g/mol. The summed E-state index contributed by atoms with van der Waals surface area (Å²) >= 11 is 0. The van der Waals surface area contributed by atoms with E-state index < -0.39 is 5.97 Å². The smallest absolute Gasteiger partial charge is 0.336 e. The summed E-state index contributed by atoms with van der Waals surface area (Å²) in [6, 6.07) is 19.4. The van der Waals surface area contributed by atoms with Gasteiger partial charge in [-0.05, 0) is 48.4 Å². The highest BCUT2D eigenvalue weighted by Crippen LogP contribution is 2.33. The maximum atomic E-state index is 13.2. The molecule has 0 bridgehead atoms. The van der Waals surface area contributed by atoms with Gasteiger partial charge < -0.3 is 18.6 Å². The number of hydrogen-bond donors (Lipinski definition) is 0. The molecular weight excluding hydrogens is 420 g/mol. The van der Waals surface area contributed by atoms with Crippen molar-refractivity contribution in [3.8, 4) is 28.4 Å². The molecule has 166 valence electrons. The Balaban J connectivity index is 1.64. The van der Waals surface area contributed by atoms with Crippen LogP contribution in [0.3, 0.4) is 0 Å². The second-order valence-corrected chi connectivity index (χ2v) is 7.26. The van der Waals surface area contributed by atoms with Crippen LogP contribution in [-0.4, -0.2) is 20.2 Å². The third kappa shape index (κ3) is 4.65. The van der Waals surface area contributed by atoms with Crippen LogP contribution < -0.4 is 19.6 Å². The van der Waals surface area contributed by atoms with Gasteiger partial charge in [-0.15, -0.1) is 0 Å². The van der Waals surface area contributed by atoms with Crippen LogP contribution in [0.5, 0.6) is 17.2 Å². The zero-order valence-corrected chi connectivity index (χ0v) is 18.5. The maximum Gasteiger partial charge on any atom is 0.336 e. The summed E-state index contributed by atoms with van der Waals surface area (Å²) in [6.45, 7) is 1.72. The number of aryl methyl sites for hydroxylation is 1. The lowest BCUT2D eigenvalue weighted by Gasteiger charge is -2.11. The van der Waals surface area contributed by atoms with Crippen molar-refractivity contribution in [2.24, 2.45) is 0 Å². The largest absolute Gasteiger partial charge is 0.493 e. The van der Waals surface area contributed by atoms with Gasteiger partial charge in [-0.2, -0.15) is 0 Å². The van der Waals surface area contributed by atoms with Crippen molar-refractivity contribution in [3.63, 3.8) is 0 Å². The Bertz CT molecular complexity index is 1400. The Morgan fingerprint density at radius 1 is 0.909 bits per heavy atom. The zero-order valence-electron chi connectivity index (χ0n) is 18.5. The van der Waals surface area contributed by atoms with Gasteiger partial charge in [0.15, 0.2) is 11.5 Å². The molecule has 0 saturated carbocycles. The molecule has 0 aliphatic rings. The van der Waals surface area contributed by atoms with Gasteiger partial charge in [-0.25, -0.2) is 4.79 Å². The van der Waals surface area contributed by atoms with Gasteiger partial charge in [-0.1, -0.05) is 36.4 Å². The molecule has 0 spiro atoms. The van der Waals surface area contributed by atoms with E-state index in [1.165, 1.54) is 19.3 Å². The minimum absolute atomic E-state index is 0.192. The van der Waals surface area contributed by atoms with Crippen LogP contribution in [0, 0.1) is 6.92 Å². The molecule has 0 N–H and O–H groups in total. The van der Waals surface area contributed by atoms with Gasteiger partial charge in [-0.3, -0.25) is 4.79 Å². The van der Waals surface area contributed by atoms with Crippen molar-refractivity contribution in [2.75, 3.05) is 14.2 Å². The lowest BCUT2D eigenvalue weighted by Crippen LogP contribution is -2.08. The molecule has 1 aromatic heterocycles. The first-order valence-electron chi connectivity index (χ1n) is 10.2. The summed E-state index contributed by atoms with van der Waals surface area (Å²) in [5, 5.41) is 0.380. The SMILES string of the molecule is COc1ccc(-c2c(C)oc3cc(OC(=O)/C=C/c4ccccc4)ccc3c2=O)cc1OC. The predicted octanol–water partition coefficient (Wildman–Crippen LogP) is 5.40. The molecule has 0 aliphatic heterocycles. The quantitative estimate of drug-likeness (QED) is 0.226. The average Bonchev–Trinajstić information content (AvgIpc) is 2.83. The molecule has 6 nitrogen and oxygen atoms in total. The summed E-state index contributed by atoms with van der Waals surface area (Å²) in [5.41, 5.74) is 2.11. The minimum atomic E-state index is -0.529. The predicted molar refractivity (Wildman–Crippen MR) is 127 cm³/mol. The standard InChI is InChI=1S/C27H22O6/c1-17-26(19-10-13-22(30-2)24(15-19)31-3)27(29)21-12-11-20(16-23(21)32-17)33-25(28)14-9-18-7-5-4-6-8-18/h4-16H,1-3H3/b14-9+. The number of hydrogen-bond acceptors (Lipinski definition) is 6. The molecule has 0 atom stereocenters. The first kappa shape index (κ1) is 21.9. The molecule has 0 aliphatic carbocycles. The number of carbonyl (C=O) groups is 1. The maximum absolute atomic E-state index is 13.2. The van der Waals surface area contributed by atoms with Gasteiger partial charge in [0.25, 0.3) is 0 Å². The van der Waals surface area contributed by atoms with Gasteiger partial charge in [0, 0.05) is 12.1 Å². The van der Waals surface area contributed by atoms with Crippen molar-refractivity contribution in [1.29, 1.82) is 0 Å². The number of carbonyl (C=O) groups excluding carboxylic acids is 1. The fraction of sp³-hybridized carbons (Fsp3) is 0.111. The first-order chi connectivity index (χ1) is 16.0. The topological polar surface area (TPSA) is 75.0 Å². The third-order valence-corrected chi connectivity index (χ3v) is 5.14. The van der Waals surface area contributed by atoms with E-state index in [1.807, 2.05) is 30.3 Å². The summed E-state index contributed by atoms with van der Waals surface area (Å²) in [7, 11) is 3.09. The second-order valence-electron chi connectivity index (χ2n) is 7.26. The lowest BCUT2D eigenvalue weighted by atomic mass is 10.0. The molecule has 0 saturated heterocycles. The van der Waals surface area contributed by atoms with Crippen molar-refractivity contribution in [1.82, 2.24) is 0 Å². The summed E-state index contributed by atoms with van der Waals surface area (Å²) in [5.74, 6) is 1.27. The first-order valence-corrected chi connectivity index (χ1v) is 10.2. The van der Waals surface area contributed by atoms with Crippen LogP contribution in [0.1, 0.15) is 11.3 Å². The van der Waals surface area contributed by atoms with Crippen molar-refractivity contribution in [3.05, 3.63) is 94.4 Å². The highest BCUT2D eigenvalue weighted by Gasteiger charge is 2.16. The van der Waals surface area contributed by atoms with Crippen molar-refractivity contribution in [2.45, 2.75) is 6.92 Å². The molecule has 33 heavy (non-hydrogen) atoms.